The normalized spacial score (nSPS) is 12.3. The third-order valence-electron chi connectivity index (χ3n) is 2.68. The van der Waals surface area contributed by atoms with E-state index in [2.05, 4.69) is 23.8 Å². The standard InChI is InChI=1S/C11H16N4/c1-8-4-9-10(13-5-8)15(7-14-9)11(2,3)6-12/h4-5,7H,6,12H2,1-3H3. The minimum absolute atomic E-state index is 0.142. The Kier molecular flexibility index (Phi) is 2.23. The van der Waals surface area contributed by atoms with Gasteiger partial charge in [-0.25, -0.2) is 9.97 Å². The second-order valence-electron chi connectivity index (χ2n) is 4.49. The molecule has 0 aliphatic carbocycles. The summed E-state index contributed by atoms with van der Waals surface area (Å²) in [5, 5.41) is 0. The van der Waals surface area contributed by atoms with E-state index in [1.54, 1.807) is 0 Å². The molecule has 0 amide bonds. The highest BCUT2D eigenvalue weighted by Gasteiger charge is 2.20. The lowest BCUT2D eigenvalue weighted by Crippen LogP contribution is -2.34. The van der Waals surface area contributed by atoms with Crippen molar-refractivity contribution < 1.29 is 0 Å². The van der Waals surface area contributed by atoms with Crippen LogP contribution in [-0.4, -0.2) is 21.1 Å². The molecule has 2 aromatic rings. The van der Waals surface area contributed by atoms with Crippen molar-refractivity contribution in [2.24, 2.45) is 5.73 Å². The topological polar surface area (TPSA) is 56.7 Å². The Morgan fingerprint density at radius 1 is 1.40 bits per heavy atom. The van der Waals surface area contributed by atoms with Gasteiger partial charge in [-0.2, -0.15) is 0 Å². The summed E-state index contributed by atoms with van der Waals surface area (Å²) in [6, 6.07) is 2.03. The molecule has 4 heteroatoms. The van der Waals surface area contributed by atoms with E-state index in [1.165, 1.54) is 0 Å². The van der Waals surface area contributed by atoms with Crippen molar-refractivity contribution in [2.75, 3.05) is 6.54 Å². The van der Waals surface area contributed by atoms with Crippen molar-refractivity contribution in [3.8, 4) is 0 Å². The molecule has 0 unspecified atom stereocenters. The average molecular weight is 204 g/mol. The van der Waals surface area contributed by atoms with Gasteiger partial charge in [-0.1, -0.05) is 0 Å². The van der Waals surface area contributed by atoms with Crippen LogP contribution in [0.2, 0.25) is 0 Å². The summed E-state index contributed by atoms with van der Waals surface area (Å²) in [5.74, 6) is 0. The molecule has 0 spiro atoms. The smallest absolute Gasteiger partial charge is 0.160 e. The number of hydrogen-bond donors (Lipinski definition) is 1. The van der Waals surface area contributed by atoms with Gasteiger partial charge >= 0.3 is 0 Å². The molecule has 0 saturated carbocycles. The molecule has 0 radical (unpaired) electrons. The maximum Gasteiger partial charge on any atom is 0.160 e. The van der Waals surface area contributed by atoms with Crippen LogP contribution in [0.3, 0.4) is 0 Å². The Hall–Kier alpha value is -1.42. The predicted octanol–water partition coefficient (Wildman–Crippen LogP) is 1.43. The molecule has 0 saturated heterocycles. The Balaban J connectivity index is 2.64. The van der Waals surface area contributed by atoms with E-state index in [1.807, 2.05) is 30.1 Å². The number of fused-ring (bicyclic) bond motifs is 1. The monoisotopic (exact) mass is 204 g/mol. The molecule has 15 heavy (non-hydrogen) atoms. The van der Waals surface area contributed by atoms with Gasteiger partial charge in [0.25, 0.3) is 0 Å². The van der Waals surface area contributed by atoms with Crippen LogP contribution in [0.15, 0.2) is 18.6 Å². The molecule has 2 aromatic heterocycles. The van der Waals surface area contributed by atoms with E-state index >= 15 is 0 Å². The number of nitrogens with zero attached hydrogens (tertiary/aromatic N) is 3. The first-order chi connectivity index (χ1) is 7.04. The third kappa shape index (κ3) is 1.61. The van der Waals surface area contributed by atoms with Crippen molar-refractivity contribution in [1.82, 2.24) is 14.5 Å². The van der Waals surface area contributed by atoms with Gasteiger partial charge in [0.2, 0.25) is 0 Å². The number of rotatable bonds is 2. The van der Waals surface area contributed by atoms with Crippen molar-refractivity contribution >= 4 is 11.2 Å². The Labute approximate surface area is 89.1 Å². The summed E-state index contributed by atoms with van der Waals surface area (Å²) in [6.07, 6.45) is 3.66. The first-order valence-electron chi connectivity index (χ1n) is 5.05. The summed E-state index contributed by atoms with van der Waals surface area (Å²) in [7, 11) is 0. The van der Waals surface area contributed by atoms with Crippen LogP contribution in [0, 0.1) is 6.92 Å². The molecule has 80 valence electrons. The predicted molar refractivity (Wildman–Crippen MR) is 60.6 cm³/mol. The molecular weight excluding hydrogens is 188 g/mol. The minimum Gasteiger partial charge on any atom is -0.328 e. The lowest BCUT2D eigenvalue weighted by molar-refractivity contribution is 0.375. The highest BCUT2D eigenvalue weighted by Crippen LogP contribution is 2.20. The van der Waals surface area contributed by atoms with Gasteiger partial charge in [-0.3, -0.25) is 0 Å². The van der Waals surface area contributed by atoms with Crippen LogP contribution >= 0.6 is 0 Å². The van der Waals surface area contributed by atoms with Gasteiger partial charge in [0, 0.05) is 12.7 Å². The van der Waals surface area contributed by atoms with Crippen molar-refractivity contribution in [3.63, 3.8) is 0 Å². The Bertz CT molecular complexity index is 484. The van der Waals surface area contributed by atoms with Gasteiger partial charge < -0.3 is 10.3 Å². The molecule has 4 nitrogen and oxygen atoms in total. The number of hydrogen-bond acceptors (Lipinski definition) is 3. The molecule has 2 rings (SSSR count). The summed E-state index contributed by atoms with van der Waals surface area (Å²) in [6.45, 7) is 6.73. The molecule has 2 N–H and O–H groups in total. The summed E-state index contributed by atoms with van der Waals surface area (Å²) >= 11 is 0. The van der Waals surface area contributed by atoms with E-state index in [0.29, 0.717) is 6.54 Å². The molecule has 2 heterocycles. The second-order valence-corrected chi connectivity index (χ2v) is 4.49. The van der Waals surface area contributed by atoms with Gasteiger partial charge in [-0.15, -0.1) is 0 Å². The van der Waals surface area contributed by atoms with Gasteiger partial charge in [-0.05, 0) is 32.4 Å². The third-order valence-corrected chi connectivity index (χ3v) is 2.68. The molecule has 0 aliphatic rings. The quantitative estimate of drug-likeness (QED) is 0.805. The molecular formula is C11H16N4. The fourth-order valence-corrected chi connectivity index (χ4v) is 1.54. The summed E-state index contributed by atoms with van der Waals surface area (Å²) in [5.41, 5.74) is 8.55. The maximum absolute atomic E-state index is 5.74. The van der Waals surface area contributed by atoms with Crippen LogP contribution < -0.4 is 5.73 Å². The van der Waals surface area contributed by atoms with Gasteiger partial charge in [0.15, 0.2) is 5.65 Å². The SMILES string of the molecule is Cc1cnc2c(c1)ncn2C(C)(C)CN. The minimum atomic E-state index is -0.142. The van der Waals surface area contributed by atoms with Crippen molar-refractivity contribution in [2.45, 2.75) is 26.3 Å². The van der Waals surface area contributed by atoms with Crippen molar-refractivity contribution in [1.29, 1.82) is 0 Å². The van der Waals surface area contributed by atoms with Crippen LogP contribution in [-0.2, 0) is 5.54 Å². The van der Waals surface area contributed by atoms with Crippen LogP contribution in [0.25, 0.3) is 11.2 Å². The van der Waals surface area contributed by atoms with Crippen LogP contribution in [0.1, 0.15) is 19.4 Å². The molecule has 0 aliphatic heterocycles. The lowest BCUT2D eigenvalue weighted by Gasteiger charge is -2.24. The number of nitrogens with two attached hydrogens (primary N) is 1. The van der Waals surface area contributed by atoms with Crippen LogP contribution in [0.4, 0.5) is 0 Å². The maximum atomic E-state index is 5.74. The zero-order chi connectivity index (χ0) is 11.1. The van der Waals surface area contributed by atoms with E-state index in [9.17, 15) is 0 Å². The number of aromatic nitrogens is 3. The van der Waals surface area contributed by atoms with Crippen LogP contribution in [0.5, 0.6) is 0 Å². The number of aryl methyl sites for hydroxylation is 1. The molecule has 0 fully saturated rings. The fourth-order valence-electron chi connectivity index (χ4n) is 1.54. The van der Waals surface area contributed by atoms with E-state index in [0.717, 1.165) is 16.7 Å². The highest BCUT2D eigenvalue weighted by atomic mass is 15.2. The van der Waals surface area contributed by atoms with Gasteiger partial charge in [0.05, 0.1) is 11.9 Å². The number of imidazole rings is 1. The first kappa shape index (κ1) is 10.1. The molecule has 0 atom stereocenters. The zero-order valence-electron chi connectivity index (χ0n) is 9.36. The average Bonchev–Trinajstić information content (AvgIpc) is 2.61. The molecule has 0 bridgehead atoms. The summed E-state index contributed by atoms with van der Waals surface area (Å²) in [4.78, 5) is 8.74. The largest absolute Gasteiger partial charge is 0.328 e. The van der Waals surface area contributed by atoms with E-state index in [4.69, 9.17) is 5.73 Å². The Morgan fingerprint density at radius 3 is 2.80 bits per heavy atom. The Morgan fingerprint density at radius 2 is 2.13 bits per heavy atom. The van der Waals surface area contributed by atoms with Crippen molar-refractivity contribution in [3.05, 3.63) is 24.2 Å². The zero-order valence-corrected chi connectivity index (χ0v) is 9.36. The second kappa shape index (κ2) is 3.31. The highest BCUT2D eigenvalue weighted by molar-refractivity contribution is 5.71. The molecule has 0 aromatic carbocycles. The van der Waals surface area contributed by atoms with Gasteiger partial charge in [0.1, 0.15) is 5.52 Å². The lowest BCUT2D eigenvalue weighted by atomic mass is 10.1. The number of pyridine rings is 1. The van der Waals surface area contributed by atoms with E-state index < -0.39 is 0 Å². The first-order valence-corrected chi connectivity index (χ1v) is 5.05. The van der Waals surface area contributed by atoms with E-state index in [-0.39, 0.29) is 5.54 Å². The summed E-state index contributed by atoms with van der Waals surface area (Å²) < 4.78 is 2.03. The fraction of sp³-hybridized carbons (Fsp3) is 0.455.